The molecular formula is C22H19NO6. The van der Waals surface area contributed by atoms with E-state index in [1.54, 1.807) is 25.3 Å². The Hall–Kier alpha value is -3.87. The second-order valence-corrected chi connectivity index (χ2v) is 5.90. The van der Waals surface area contributed by atoms with Crippen LogP contribution in [0.4, 0.5) is 0 Å². The Morgan fingerprint density at radius 3 is 2.48 bits per heavy atom. The van der Waals surface area contributed by atoms with E-state index in [4.69, 9.17) is 14.2 Å². The van der Waals surface area contributed by atoms with E-state index in [9.17, 15) is 9.59 Å². The van der Waals surface area contributed by atoms with Gasteiger partial charge in [0, 0.05) is 12.3 Å². The average molecular weight is 393 g/mol. The van der Waals surface area contributed by atoms with Gasteiger partial charge in [0.05, 0.1) is 25.3 Å². The Labute approximate surface area is 167 Å². The summed E-state index contributed by atoms with van der Waals surface area (Å²) in [5, 5.41) is 0. The molecule has 0 aliphatic carbocycles. The van der Waals surface area contributed by atoms with Gasteiger partial charge in [-0.15, -0.1) is 0 Å². The van der Waals surface area contributed by atoms with Gasteiger partial charge >= 0.3 is 5.97 Å². The number of methoxy groups -OCH3 is 2. The number of aldehydes is 1. The number of pyridine rings is 1. The van der Waals surface area contributed by atoms with Crippen molar-refractivity contribution in [2.24, 2.45) is 0 Å². The fourth-order valence-electron chi connectivity index (χ4n) is 2.56. The van der Waals surface area contributed by atoms with Crippen molar-refractivity contribution in [3.05, 3.63) is 77.5 Å². The summed E-state index contributed by atoms with van der Waals surface area (Å²) in [5.41, 5.74) is 1.45. The Morgan fingerprint density at radius 1 is 1.03 bits per heavy atom. The first kappa shape index (κ1) is 19.9. The molecule has 1 aromatic heterocycles. The predicted molar refractivity (Wildman–Crippen MR) is 105 cm³/mol. The van der Waals surface area contributed by atoms with Crippen LogP contribution < -0.4 is 14.2 Å². The monoisotopic (exact) mass is 393 g/mol. The number of hydrogen-bond donors (Lipinski definition) is 0. The van der Waals surface area contributed by atoms with E-state index in [-0.39, 0.29) is 29.4 Å². The summed E-state index contributed by atoms with van der Waals surface area (Å²) in [4.78, 5) is 27.4. The minimum Gasteiger partial charge on any atom is -0.497 e. The SMILES string of the molecule is COC(=O)c1ccnc(Oc2cccc(OCc3ccc(OC)cc3)c2C=O)c1. The topological polar surface area (TPSA) is 84.0 Å². The van der Waals surface area contributed by atoms with E-state index >= 15 is 0 Å². The molecule has 0 spiro atoms. The van der Waals surface area contributed by atoms with Crippen LogP contribution in [0.3, 0.4) is 0 Å². The number of carbonyl (C=O) groups is 2. The minimum absolute atomic E-state index is 0.156. The second kappa shape index (κ2) is 9.36. The zero-order valence-corrected chi connectivity index (χ0v) is 16.0. The highest BCUT2D eigenvalue weighted by Crippen LogP contribution is 2.31. The molecule has 29 heavy (non-hydrogen) atoms. The van der Waals surface area contributed by atoms with Crippen molar-refractivity contribution in [1.29, 1.82) is 0 Å². The standard InChI is InChI=1S/C22H19NO6/c1-26-17-8-6-15(7-9-17)14-28-19-4-3-5-20(18(19)13-24)29-21-12-16(10-11-23-21)22(25)27-2/h3-13H,14H2,1-2H3. The molecule has 1 heterocycles. The van der Waals surface area contributed by atoms with E-state index in [0.717, 1.165) is 11.3 Å². The Kier molecular flexibility index (Phi) is 6.42. The van der Waals surface area contributed by atoms with Crippen LogP contribution in [-0.4, -0.2) is 31.5 Å². The van der Waals surface area contributed by atoms with Crippen molar-refractivity contribution in [3.63, 3.8) is 0 Å². The lowest BCUT2D eigenvalue weighted by Gasteiger charge is -2.13. The molecule has 7 heteroatoms. The highest BCUT2D eigenvalue weighted by molar-refractivity contribution is 5.89. The molecule has 3 rings (SSSR count). The van der Waals surface area contributed by atoms with Gasteiger partial charge < -0.3 is 18.9 Å². The number of benzene rings is 2. The third-order valence-corrected chi connectivity index (χ3v) is 4.07. The third kappa shape index (κ3) is 4.90. The molecule has 0 unspecified atom stereocenters. The van der Waals surface area contributed by atoms with E-state index < -0.39 is 5.97 Å². The number of carbonyl (C=O) groups excluding carboxylic acids is 2. The van der Waals surface area contributed by atoms with Gasteiger partial charge in [0.25, 0.3) is 0 Å². The summed E-state index contributed by atoms with van der Waals surface area (Å²) in [6, 6.07) is 15.4. The molecule has 0 radical (unpaired) electrons. The van der Waals surface area contributed by atoms with Crippen LogP contribution in [0.5, 0.6) is 23.1 Å². The van der Waals surface area contributed by atoms with Gasteiger partial charge in [-0.1, -0.05) is 18.2 Å². The number of nitrogens with zero attached hydrogens (tertiary/aromatic N) is 1. The number of ether oxygens (including phenoxy) is 4. The van der Waals surface area contributed by atoms with Gasteiger partial charge in [0.1, 0.15) is 23.9 Å². The highest BCUT2D eigenvalue weighted by atomic mass is 16.5. The average Bonchev–Trinajstić information content (AvgIpc) is 2.77. The Balaban J connectivity index is 1.78. The second-order valence-electron chi connectivity index (χ2n) is 5.90. The fraction of sp³-hybridized carbons (Fsp3) is 0.136. The van der Waals surface area contributed by atoms with Gasteiger partial charge in [-0.2, -0.15) is 0 Å². The van der Waals surface area contributed by atoms with E-state index in [0.29, 0.717) is 12.0 Å². The van der Waals surface area contributed by atoms with Crippen LogP contribution in [0.15, 0.2) is 60.8 Å². The van der Waals surface area contributed by atoms with Gasteiger partial charge in [0.2, 0.25) is 5.88 Å². The third-order valence-electron chi connectivity index (χ3n) is 4.07. The molecule has 3 aromatic rings. The molecule has 2 aromatic carbocycles. The first-order chi connectivity index (χ1) is 14.1. The molecule has 0 bridgehead atoms. The molecule has 148 valence electrons. The summed E-state index contributed by atoms with van der Waals surface area (Å²) in [6.07, 6.45) is 2.08. The minimum atomic E-state index is -0.510. The van der Waals surface area contributed by atoms with Crippen LogP contribution in [0, 0.1) is 0 Å². The molecule has 0 saturated carbocycles. The largest absolute Gasteiger partial charge is 0.497 e. The lowest BCUT2D eigenvalue weighted by atomic mass is 10.2. The smallest absolute Gasteiger partial charge is 0.338 e. The quantitative estimate of drug-likeness (QED) is 0.421. The summed E-state index contributed by atoms with van der Waals surface area (Å²) < 4.78 is 21.3. The number of hydrogen-bond acceptors (Lipinski definition) is 7. The van der Waals surface area contributed by atoms with E-state index in [2.05, 4.69) is 9.72 Å². The van der Waals surface area contributed by atoms with Crippen molar-refractivity contribution in [2.75, 3.05) is 14.2 Å². The van der Waals surface area contributed by atoms with Crippen LogP contribution in [0.25, 0.3) is 0 Å². The zero-order valence-electron chi connectivity index (χ0n) is 16.0. The van der Waals surface area contributed by atoms with Gasteiger partial charge in [-0.3, -0.25) is 4.79 Å². The zero-order chi connectivity index (χ0) is 20.6. The lowest BCUT2D eigenvalue weighted by molar-refractivity contribution is 0.0600. The summed E-state index contributed by atoms with van der Waals surface area (Å²) in [5.74, 6) is 1.03. The molecule has 0 amide bonds. The molecule has 0 aliphatic rings. The van der Waals surface area contributed by atoms with Crippen LogP contribution in [0.1, 0.15) is 26.3 Å². The number of aromatic nitrogens is 1. The molecule has 0 N–H and O–H groups in total. The van der Waals surface area contributed by atoms with Gasteiger partial charge in [-0.05, 0) is 35.9 Å². The van der Waals surface area contributed by atoms with Gasteiger partial charge in [0.15, 0.2) is 6.29 Å². The maximum atomic E-state index is 11.7. The van der Waals surface area contributed by atoms with Crippen molar-refractivity contribution >= 4 is 12.3 Å². The fourth-order valence-corrected chi connectivity index (χ4v) is 2.56. The Morgan fingerprint density at radius 2 is 1.79 bits per heavy atom. The molecule has 7 nitrogen and oxygen atoms in total. The molecule has 0 saturated heterocycles. The van der Waals surface area contributed by atoms with Crippen molar-refractivity contribution in [3.8, 4) is 23.1 Å². The van der Waals surface area contributed by atoms with Crippen LogP contribution in [-0.2, 0) is 11.3 Å². The van der Waals surface area contributed by atoms with Crippen molar-refractivity contribution in [2.45, 2.75) is 6.61 Å². The molecule has 0 fully saturated rings. The van der Waals surface area contributed by atoms with Crippen molar-refractivity contribution in [1.82, 2.24) is 4.98 Å². The van der Waals surface area contributed by atoms with E-state index in [1.807, 2.05) is 24.3 Å². The summed E-state index contributed by atoms with van der Waals surface area (Å²) in [7, 11) is 2.89. The maximum absolute atomic E-state index is 11.7. The maximum Gasteiger partial charge on any atom is 0.338 e. The summed E-state index contributed by atoms with van der Waals surface area (Å²) in [6.45, 7) is 0.268. The van der Waals surface area contributed by atoms with Crippen LogP contribution >= 0.6 is 0 Å². The Bertz CT molecular complexity index is 1000. The van der Waals surface area contributed by atoms with E-state index in [1.165, 1.54) is 25.4 Å². The number of rotatable bonds is 8. The predicted octanol–water partition coefficient (Wildman–Crippen LogP) is 4.06. The lowest BCUT2D eigenvalue weighted by Crippen LogP contribution is -2.03. The summed E-state index contributed by atoms with van der Waals surface area (Å²) >= 11 is 0. The molecule has 0 aliphatic heterocycles. The normalized spacial score (nSPS) is 10.1. The first-order valence-electron chi connectivity index (χ1n) is 8.70. The number of esters is 1. The highest BCUT2D eigenvalue weighted by Gasteiger charge is 2.13. The first-order valence-corrected chi connectivity index (χ1v) is 8.70. The van der Waals surface area contributed by atoms with Crippen molar-refractivity contribution < 1.29 is 28.5 Å². The molecular weight excluding hydrogens is 374 g/mol. The molecule has 0 atom stereocenters. The van der Waals surface area contributed by atoms with Crippen LogP contribution in [0.2, 0.25) is 0 Å². The van der Waals surface area contributed by atoms with Gasteiger partial charge in [-0.25, -0.2) is 9.78 Å².